The third-order valence-corrected chi connectivity index (χ3v) is 5.95. The number of rotatable bonds is 7. The van der Waals surface area contributed by atoms with Gasteiger partial charge in [0, 0.05) is 16.9 Å². The van der Waals surface area contributed by atoms with Gasteiger partial charge in [-0.3, -0.25) is 5.41 Å². The Morgan fingerprint density at radius 2 is 2.00 bits per heavy atom. The predicted octanol–water partition coefficient (Wildman–Crippen LogP) is 3.52. The first-order chi connectivity index (χ1) is 6.36. The lowest BCUT2D eigenvalue weighted by Crippen LogP contribution is -2.21. The molecule has 0 aromatic rings. The van der Waals surface area contributed by atoms with Crippen molar-refractivity contribution in [3.8, 4) is 0 Å². The van der Waals surface area contributed by atoms with Gasteiger partial charge >= 0.3 is 0 Å². The molecule has 0 bridgehead atoms. The first-order valence-electron chi connectivity index (χ1n) is 5.00. The van der Waals surface area contributed by atoms with Crippen LogP contribution in [0, 0.1) is 11.3 Å². The molecule has 0 atom stereocenters. The van der Waals surface area contributed by atoms with E-state index in [2.05, 4.69) is 27.7 Å². The second-order valence-electron chi connectivity index (χ2n) is 4.29. The van der Waals surface area contributed by atoms with Crippen molar-refractivity contribution in [2.45, 2.75) is 45.3 Å². The van der Waals surface area contributed by atoms with E-state index in [-0.39, 0.29) is 0 Å². The van der Waals surface area contributed by atoms with E-state index in [1.54, 1.807) is 0 Å². The molecule has 4 heteroatoms. The molecule has 0 fully saturated rings. The lowest BCUT2D eigenvalue weighted by atomic mass is 10.00. The van der Waals surface area contributed by atoms with Gasteiger partial charge in [0.15, 0.2) is 0 Å². The fourth-order valence-corrected chi connectivity index (χ4v) is 3.55. The van der Waals surface area contributed by atoms with Gasteiger partial charge in [0.1, 0.15) is 0 Å². The fraction of sp³-hybridized carbons (Fsp3) is 0.900. The van der Waals surface area contributed by atoms with Crippen LogP contribution in [0.4, 0.5) is 0 Å². The minimum Gasteiger partial charge on any atom is -0.388 e. The van der Waals surface area contributed by atoms with Crippen LogP contribution in [0.2, 0.25) is 0 Å². The van der Waals surface area contributed by atoms with Crippen LogP contribution < -0.4 is 5.73 Å². The van der Waals surface area contributed by atoms with E-state index < -0.39 is 0 Å². The average Bonchev–Trinajstić information content (AvgIpc) is 2.02. The number of amidine groups is 1. The van der Waals surface area contributed by atoms with E-state index >= 15 is 0 Å². The summed E-state index contributed by atoms with van der Waals surface area (Å²) in [6.45, 7) is 9.06. The summed E-state index contributed by atoms with van der Waals surface area (Å²) in [6, 6.07) is 0. The number of nitrogens with two attached hydrogens (primary N) is 1. The van der Waals surface area contributed by atoms with Gasteiger partial charge in [0.2, 0.25) is 0 Å². The maximum absolute atomic E-state index is 7.08. The van der Waals surface area contributed by atoms with Crippen LogP contribution in [0.25, 0.3) is 0 Å². The molecule has 3 N–H and O–H groups in total. The minimum atomic E-state index is 0.304. The molecule has 0 heterocycles. The van der Waals surface area contributed by atoms with Crippen molar-refractivity contribution in [1.29, 1.82) is 5.41 Å². The molecule has 0 saturated carbocycles. The Hall–Kier alpha value is 0.170. The van der Waals surface area contributed by atoms with Crippen LogP contribution >= 0.6 is 21.6 Å². The minimum absolute atomic E-state index is 0.304. The van der Waals surface area contributed by atoms with Gasteiger partial charge in [-0.2, -0.15) is 0 Å². The summed E-state index contributed by atoms with van der Waals surface area (Å²) < 4.78 is 0.334. The van der Waals surface area contributed by atoms with Crippen molar-refractivity contribution in [3.63, 3.8) is 0 Å². The molecule has 84 valence electrons. The van der Waals surface area contributed by atoms with E-state index in [1.807, 2.05) is 21.6 Å². The summed E-state index contributed by atoms with van der Waals surface area (Å²) >= 11 is 0. The summed E-state index contributed by atoms with van der Waals surface area (Å²) in [5, 5.41) is 7.08. The largest absolute Gasteiger partial charge is 0.388 e. The second-order valence-corrected chi connectivity index (χ2v) is 7.36. The molecule has 2 nitrogen and oxygen atoms in total. The molecule has 0 spiro atoms. The third-order valence-electron chi connectivity index (χ3n) is 2.34. The van der Waals surface area contributed by atoms with E-state index in [1.165, 1.54) is 0 Å². The molecule has 0 aliphatic heterocycles. The number of nitrogens with one attached hydrogen (secondary N) is 1. The topological polar surface area (TPSA) is 49.9 Å². The highest BCUT2D eigenvalue weighted by Gasteiger charge is 2.22. The molecular weight excluding hydrogens is 212 g/mol. The fourth-order valence-electron chi connectivity index (χ4n) is 0.611. The molecule has 0 saturated heterocycles. The molecule has 0 aromatic heterocycles. The lowest BCUT2D eigenvalue weighted by Gasteiger charge is -2.27. The number of hydrogen-bond acceptors (Lipinski definition) is 3. The molecule has 0 aliphatic carbocycles. The van der Waals surface area contributed by atoms with Crippen LogP contribution in [-0.4, -0.2) is 16.3 Å². The highest BCUT2D eigenvalue weighted by Crippen LogP contribution is 2.40. The smallest absolute Gasteiger partial charge is 0.0905 e. The molecule has 0 unspecified atom stereocenters. The van der Waals surface area contributed by atoms with Gasteiger partial charge in [0.05, 0.1) is 5.84 Å². The highest BCUT2D eigenvalue weighted by molar-refractivity contribution is 8.77. The van der Waals surface area contributed by atoms with Crippen LogP contribution in [0.15, 0.2) is 0 Å². The van der Waals surface area contributed by atoms with Crippen molar-refractivity contribution in [1.82, 2.24) is 0 Å². The van der Waals surface area contributed by atoms with Gasteiger partial charge in [-0.1, -0.05) is 35.4 Å². The lowest BCUT2D eigenvalue weighted by molar-refractivity contribution is 0.507. The monoisotopic (exact) mass is 234 g/mol. The summed E-state index contributed by atoms with van der Waals surface area (Å²) in [5.41, 5.74) is 5.28. The van der Waals surface area contributed by atoms with Crippen LogP contribution in [0.5, 0.6) is 0 Å². The first-order valence-corrected chi connectivity index (χ1v) is 7.31. The zero-order chi connectivity index (χ0) is 11.2. The van der Waals surface area contributed by atoms with Crippen molar-refractivity contribution in [2.24, 2.45) is 11.7 Å². The van der Waals surface area contributed by atoms with E-state index in [9.17, 15) is 0 Å². The summed E-state index contributed by atoms with van der Waals surface area (Å²) in [5.74, 6) is 2.08. The Morgan fingerprint density at radius 1 is 1.43 bits per heavy atom. The quantitative estimate of drug-likeness (QED) is 0.307. The van der Waals surface area contributed by atoms with Crippen LogP contribution in [0.3, 0.4) is 0 Å². The average molecular weight is 234 g/mol. The van der Waals surface area contributed by atoms with Gasteiger partial charge < -0.3 is 5.73 Å². The van der Waals surface area contributed by atoms with E-state index in [4.69, 9.17) is 11.1 Å². The molecule has 0 rings (SSSR count). The molecule has 0 aromatic carbocycles. The molecule has 0 amide bonds. The zero-order valence-electron chi connectivity index (χ0n) is 9.59. The van der Waals surface area contributed by atoms with Gasteiger partial charge in [-0.25, -0.2) is 0 Å². The molecule has 14 heavy (non-hydrogen) atoms. The molecule has 0 aliphatic rings. The Morgan fingerprint density at radius 3 is 2.43 bits per heavy atom. The van der Waals surface area contributed by atoms with E-state index in [0.29, 0.717) is 16.5 Å². The Labute approximate surface area is 95.7 Å². The second kappa shape index (κ2) is 6.62. The molecule has 0 radical (unpaired) electrons. The first kappa shape index (κ1) is 14.2. The Balaban J connectivity index is 3.49. The van der Waals surface area contributed by atoms with E-state index in [0.717, 1.165) is 18.6 Å². The maximum Gasteiger partial charge on any atom is 0.0905 e. The van der Waals surface area contributed by atoms with Crippen LogP contribution in [-0.2, 0) is 0 Å². The summed E-state index contributed by atoms with van der Waals surface area (Å²) in [4.78, 5) is 0. The van der Waals surface area contributed by atoms with Gasteiger partial charge in [-0.15, -0.1) is 0 Å². The third kappa shape index (κ3) is 6.60. The normalized spacial score (nSPS) is 12.1. The highest BCUT2D eigenvalue weighted by atomic mass is 33.1. The Bertz CT molecular complexity index is 179. The number of hydrogen-bond donors (Lipinski definition) is 2. The summed E-state index contributed by atoms with van der Waals surface area (Å²) in [6.07, 6.45) is 1.75. The standard InChI is InChI=1S/C10H22N2S2/c1-8(2)10(3,4)14-13-7-5-6-9(11)12/h8H,5-7H2,1-4H3,(H3,11,12). The van der Waals surface area contributed by atoms with Crippen molar-refractivity contribution in [3.05, 3.63) is 0 Å². The maximum atomic E-state index is 7.08. The predicted molar refractivity (Wildman–Crippen MR) is 70.1 cm³/mol. The van der Waals surface area contributed by atoms with Crippen molar-refractivity contribution >= 4 is 27.4 Å². The molecular formula is C10H22N2S2. The Kier molecular flexibility index (Phi) is 6.70. The van der Waals surface area contributed by atoms with Gasteiger partial charge in [0.25, 0.3) is 0 Å². The van der Waals surface area contributed by atoms with Crippen molar-refractivity contribution in [2.75, 3.05) is 5.75 Å². The van der Waals surface area contributed by atoms with Crippen molar-refractivity contribution < 1.29 is 0 Å². The summed E-state index contributed by atoms with van der Waals surface area (Å²) in [7, 11) is 3.84. The SMILES string of the molecule is CC(C)C(C)(C)SSCCCC(=N)N. The zero-order valence-corrected chi connectivity index (χ0v) is 11.2. The van der Waals surface area contributed by atoms with Crippen LogP contribution in [0.1, 0.15) is 40.5 Å². The van der Waals surface area contributed by atoms with Gasteiger partial charge in [-0.05, 0) is 26.2 Å².